The lowest BCUT2D eigenvalue weighted by molar-refractivity contribution is 0.192. The minimum Gasteiger partial charge on any atom is -0.465 e. The van der Waals surface area contributed by atoms with Crippen molar-refractivity contribution in [2.45, 2.75) is 19.8 Å². The van der Waals surface area contributed by atoms with Crippen LogP contribution < -0.4 is 10.6 Å². The second-order valence-corrected chi connectivity index (χ2v) is 3.17. The van der Waals surface area contributed by atoms with Gasteiger partial charge in [-0.2, -0.15) is 0 Å². The number of hydrogen-bond acceptors (Lipinski definition) is 2. The fourth-order valence-electron chi connectivity index (χ4n) is 1.01. The van der Waals surface area contributed by atoms with Gasteiger partial charge in [-0.25, -0.2) is 9.59 Å². The van der Waals surface area contributed by atoms with Gasteiger partial charge < -0.3 is 20.8 Å². The second-order valence-electron chi connectivity index (χ2n) is 3.17. The van der Waals surface area contributed by atoms with Crippen LogP contribution in [0.15, 0.2) is 0 Å². The summed E-state index contributed by atoms with van der Waals surface area (Å²) in [6, 6.07) is 0. The lowest BCUT2D eigenvalue weighted by Crippen LogP contribution is -2.27. The van der Waals surface area contributed by atoms with Gasteiger partial charge >= 0.3 is 12.2 Å². The van der Waals surface area contributed by atoms with E-state index in [0.717, 1.165) is 12.8 Å². The highest BCUT2D eigenvalue weighted by Gasteiger charge is 2.03. The van der Waals surface area contributed by atoms with Crippen LogP contribution in [0.3, 0.4) is 0 Å². The van der Waals surface area contributed by atoms with E-state index in [1.807, 2.05) is 6.92 Å². The molecule has 0 aliphatic heterocycles. The minimum atomic E-state index is -1.03. The van der Waals surface area contributed by atoms with Crippen LogP contribution in [0, 0.1) is 5.92 Å². The molecule has 0 fully saturated rings. The molecule has 0 radical (unpaired) electrons. The fraction of sp³-hybridized carbons (Fsp3) is 0.750. The van der Waals surface area contributed by atoms with Gasteiger partial charge in [-0.3, -0.25) is 0 Å². The number of carbonyl (C=O) groups is 2. The van der Waals surface area contributed by atoms with Crippen LogP contribution in [-0.4, -0.2) is 35.5 Å². The Morgan fingerprint density at radius 3 is 2.29 bits per heavy atom. The van der Waals surface area contributed by atoms with Gasteiger partial charge in [0.25, 0.3) is 0 Å². The van der Waals surface area contributed by atoms with E-state index in [4.69, 9.17) is 10.2 Å². The molecule has 6 heteroatoms. The van der Waals surface area contributed by atoms with E-state index >= 15 is 0 Å². The van der Waals surface area contributed by atoms with Crippen molar-refractivity contribution in [3.8, 4) is 0 Å². The van der Waals surface area contributed by atoms with Crippen molar-refractivity contribution in [1.29, 1.82) is 0 Å². The molecule has 1 unspecified atom stereocenters. The van der Waals surface area contributed by atoms with E-state index in [0.29, 0.717) is 13.1 Å². The molecule has 1 atom stereocenters. The third-order valence-electron chi connectivity index (χ3n) is 1.75. The summed E-state index contributed by atoms with van der Waals surface area (Å²) in [5, 5.41) is 21.1. The Hall–Kier alpha value is -1.46. The number of nitrogens with one attached hydrogen (secondary N) is 2. The average Bonchev–Trinajstić information content (AvgIpc) is 2.08. The van der Waals surface area contributed by atoms with Crippen molar-refractivity contribution in [2.75, 3.05) is 13.1 Å². The van der Waals surface area contributed by atoms with E-state index in [1.165, 1.54) is 0 Å². The SMILES string of the molecule is CC(CCCNC(=O)O)CNC(=O)O. The molecular weight excluding hydrogens is 188 g/mol. The molecule has 6 nitrogen and oxygen atoms in total. The maximum absolute atomic E-state index is 10.1. The minimum absolute atomic E-state index is 0.224. The zero-order valence-corrected chi connectivity index (χ0v) is 8.12. The first-order chi connectivity index (χ1) is 6.52. The molecule has 0 spiro atoms. The Kier molecular flexibility index (Phi) is 6.26. The molecule has 0 saturated heterocycles. The topological polar surface area (TPSA) is 98.7 Å². The van der Waals surface area contributed by atoms with Crippen molar-refractivity contribution >= 4 is 12.2 Å². The van der Waals surface area contributed by atoms with Crippen molar-refractivity contribution in [2.24, 2.45) is 5.92 Å². The Morgan fingerprint density at radius 1 is 1.21 bits per heavy atom. The molecule has 0 aromatic carbocycles. The van der Waals surface area contributed by atoms with Crippen LogP contribution in [0.4, 0.5) is 9.59 Å². The maximum Gasteiger partial charge on any atom is 0.404 e. The highest BCUT2D eigenvalue weighted by molar-refractivity contribution is 5.64. The van der Waals surface area contributed by atoms with Crippen LogP contribution in [0.25, 0.3) is 0 Å². The van der Waals surface area contributed by atoms with E-state index in [9.17, 15) is 9.59 Å². The van der Waals surface area contributed by atoms with Crippen molar-refractivity contribution in [3.63, 3.8) is 0 Å². The molecule has 0 aliphatic rings. The first kappa shape index (κ1) is 12.5. The molecule has 0 heterocycles. The second kappa shape index (κ2) is 6.99. The standard InChI is InChI=1S/C8H16N2O4/c1-6(5-10-8(13)14)3-2-4-9-7(11)12/h6,9-10H,2-5H2,1H3,(H,11,12)(H,13,14). The molecule has 82 valence electrons. The molecule has 0 bridgehead atoms. The Labute approximate surface area is 82.3 Å². The average molecular weight is 204 g/mol. The lowest BCUT2D eigenvalue weighted by atomic mass is 10.1. The summed E-state index contributed by atoms with van der Waals surface area (Å²) >= 11 is 0. The van der Waals surface area contributed by atoms with Gasteiger partial charge in [-0.15, -0.1) is 0 Å². The van der Waals surface area contributed by atoms with Gasteiger partial charge in [-0.05, 0) is 18.8 Å². The van der Waals surface area contributed by atoms with Crippen LogP contribution >= 0.6 is 0 Å². The van der Waals surface area contributed by atoms with Gasteiger partial charge in [0.2, 0.25) is 0 Å². The van der Waals surface area contributed by atoms with Gasteiger partial charge in [-0.1, -0.05) is 6.92 Å². The third-order valence-corrected chi connectivity index (χ3v) is 1.75. The normalized spacial score (nSPS) is 11.8. The van der Waals surface area contributed by atoms with Gasteiger partial charge in [0.1, 0.15) is 0 Å². The number of hydrogen-bond donors (Lipinski definition) is 4. The van der Waals surface area contributed by atoms with Gasteiger partial charge in [0.15, 0.2) is 0 Å². The van der Waals surface area contributed by atoms with Crippen LogP contribution in [0.2, 0.25) is 0 Å². The zero-order chi connectivity index (χ0) is 11.0. The van der Waals surface area contributed by atoms with E-state index < -0.39 is 12.2 Å². The molecule has 0 aromatic heterocycles. The summed E-state index contributed by atoms with van der Waals surface area (Å²) < 4.78 is 0. The van der Waals surface area contributed by atoms with Crippen LogP contribution in [0.5, 0.6) is 0 Å². The van der Waals surface area contributed by atoms with E-state index in [-0.39, 0.29) is 5.92 Å². The highest BCUT2D eigenvalue weighted by atomic mass is 16.4. The molecular formula is C8H16N2O4. The molecule has 0 rings (SSSR count). The number of carboxylic acid groups (broad SMARTS) is 2. The van der Waals surface area contributed by atoms with Crippen molar-refractivity contribution in [1.82, 2.24) is 10.6 Å². The van der Waals surface area contributed by atoms with E-state index in [2.05, 4.69) is 10.6 Å². The third kappa shape index (κ3) is 8.63. The summed E-state index contributed by atoms with van der Waals surface area (Å²) in [5.74, 6) is 0.224. The van der Waals surface area contributed by atoms with Crippen molar-refractivity contribution < 1.29 is 19.8 Å². The molecule has 0 aromatic rings. The molecule has 2 amide bonds. The predicted octanol–water partition coefficient (Wildman–Crippen LogP) is 0.938. The van der Waals surface area contributed by atoms with Crippen molar-refractivity contribution in [3.05, 3.63) is 0 Å². The number of rotatable bonds is 6. The fourth-order valence-corrected chi connectivity index (χ4v) is 1.01. The Balaban J connectivity index is 3.30. The molecule has 0 aliphatic carbocycles. The lowest BCUT2D eigenvalue weighted by Gasteiger charge is -2.10. The summed E-state index contributed by atoms with van der Waals surface area (Å²) in [6.45, 7) is 2.73. The number of amides is 2. The highest BCUT2D eigenvalue weighted by Crippen LogP contribution is 2.02. The molecule has 4 N–H and O–H groups in total. The van der Waals surface area contributed by atoms with Gasteiger partial charge in [0.05, 0.1) is 0 Å². The molecule has 0 saturated carbocycles. The summed E-state index contributed by atoms with van der Waals surface area (Å²) in [4.78, 5) is 20.2. The Bertz CT molecular complexity index is 196. The maximum atomic E-state index is 10.1. The zero-order valence-electron chi connectivity index (χ0n) is 8.12. The molecule has 14 heavy (non-hydrogen) atoms. The quantitative estimate of drug-likeness (QED) is 0.484. The smallest absolute Gasteiger partial charge is 0.404 e. The first-order valence-corrected chi connectivity index (χ1v) is 4.46. The predicted molar refractivity (Wildman–Crippen MR) is 50.5 cm³/mol. The van der Waals surface area contributed by atoms with E-state index in [1.54, 1.807) is 0 Å². The van der Waals surface area contributed by atoms with Crippen LogP contribution in [-0.2, 0) is 0 Å². The summed E-state index contributed by atoms with van der Waals surface area (Å²) in [6.07, 6.45) is -0.545. The Morgan fingerprint density at radius 2 is 1.79 bits per heavy atom. The van der Waals surface area contributed by atoms with Crippen LogP contribution in [0.1, 0.15) is 19.8 Å². The van der Waals surface area contributed by atoms with Gasteiger partial charge in [0, 0.05) is 13.1 Å². The summed E-state index contributed by atoms with van der Waals surface area (Å²) in [7, 11) is 0. The monoisotopic (exact) mass is 204 g/mol. The first-order valence-electron chi connectivity index (χ1n) is 4.46. The summed E-state index contributed by atoms with van der Waals surface area (Å²) in [5.41, 5.74) is 0. The largest absolute Gasteiger partial charge is 0.465 e.